The predicted molar refractivity (Wildman–Crippen MR) is 65.6 cm³/mol. The number of hydrogen-bond donors (Lipinski definition) is 0. The molecular weight excluding hydrogens is 184 g/mol. The van der Waals surface area contributed by atoms with E-state index in [4.69, 9.17) is 0 Å². The Balaban J connectivity index is 2.00. The van der Waals surface area contributed by atoms with Crippen molar-refractivity contribution in [3.63, 3.8) is 0 Å². The molecule has 0 aromatic carbocycles. The summed E-state index contributed by atoms with van der Waals surface area (Å²) in [5.41, 5.74) is 1.39. The number of hydrogen-bond acceptors (Lipinski definition) is 2. The standard InChI is InChI=1S/C13H22N2/c1-2-7-12-13(8-6-9-14-12)15-10-4-3-5-11-15/h2,13H,1,3-11H2. The summed E-state index contributed by atoms with van der Waals surface area (Å²) in [7, 11) is 0. The summed E-state index contributed by atoms with van der Waals surface area (Å²) in [5.74, 6) is 0. The summed E-state index contributed by atoms with van der Waals surface area (Å²) in [6.07, 6.45) is 9.73. The van der Waals surface area contributed by atoms with Gasteiger partial charge in [0.1, 0.15) is 0 Å². The fourth-order valence-corrected chi connectivity index (χ4v) is 2.75. The van der Waals surface area contributed by atoms with Crippen molar-refractivity contribution in [2.75, 3.05) is 19.6 Å². The van der Waals surface area contributed by atoms with Crippen LogP contribution < -0.4 is 0 Å². The smallest absolute Gasteiger partial charge is 0.0480 e. The molecule has 15 heavy (non-hydrogen) atoms. The quantitative estimate of drug-likeness (QED) is 0.648. The fraction of sp³-hybridized carbons (Fsp3) is 0.769. The van der Waals surface area contributed by atoms with Gasteiger partial charge in [-0.25, -0.2) is 0 Å². The largest absolute Gasteiger partial charge is 0.295 e. The predicted octanol–water partition coefficient (Wildman–Crippen LogP) is 2.65. The summed E-state index contributed by atoms with van der Waals surface area (Å²) < 4.78 is 0. The molecule has 2 aliphatic heterocycles. The maximum Gasteiger partial charge on any atom is 0.0480 e. The van der Waals surface area contributed by atoms with Gasteiger partial charge in [0.2, 0.25) is 0 Å². The molecule has 0 spiro atoms. The van der Waals surface area contributed by atoms with E-state index < -0.39 is 0 Å². The van der Waals surface area contributed by atoms with Gasteiger partial charge in [-0.3, -0.25) is 9.89 Å². The summed E-state index contributed by atoms with van der Waals surface area (Å²) >= 11 is 0. The van der Waals surface area contributed by atoms with E-state index in [1.54, 1.807) is 0 Å². The molecule has 2 rings (SSSR count). The Hall–Kier alpha value is -0.630. The van der Waals surface area contributed by atoms with E-state index in [1.165, 1.54) is 50.9 Å². The van der Waals surface area contributed by atoms with Crippen LogP contribution in [-0.2, 0) is 0 Å². The molecule has 2 heteroatoms. The zero-order valence-corrected chi connectivity index (χ0v) is 9.62. The number of aliphatic imine (C=N–C) groups is 1. The maximum atomic E-state index is 4.68. The van der Waals surface area contributed by atoms with Crippen molar-refractivity contribution in [3.05, 3.63) is 12.7 Å². The van der Waals surface area contributed by atoms with Crippen molar-refractivity contribution >= 4 is 5.71 Å². The molecule has 2 aliphatic rings. The van der Waals surface area contributed by atoms with Crippen LogP contribution in [0.25, 0.3) is 0 Å². The van der Waals surface area contributed by atoms with Crippen LogP contribution >= 0.6 is 0 Å². The van der Waals surface area contributed by atoms with Gasteiger partial charge >= 0.3 is 0 Å². The molecule has 0 saturated carbocycles. The van der Waals surface area contributed by atoms with Crippen molar-refractivity contribution < 1.29 is 0 Å². The second kappa shape index (κ2) is 5.45. The molecule has 1 fully saturated rings. The van der Waals surface area contributed by atoms with E-state index in [2.05, 4.69) is 16.5 Å². The molecule has 1 atom stereocenters. The summed E-state index contributed by atoms with van der Waals surface area (Å²) in [6, 6.07) is 0.636. The van der Waals surface area contributed by atoms with Crippen molar-refractivity contribution in [1.29, 1.82) is 0 Å². The molecule has 84 valence electrons. The van der Waals surface area contributed by atoms with Gasteiger partial charge in [-0.2, -0.15) is 0 Å². The van der Waals surface area contributed by atoms with E-state index in [9.17, 15) is 0 Å². The van der Waals surface area contributed by atoms with Crippen molar-refractivity contribution in [2.45, 2.75) is 44.6 Å². The SMILES string of the molecule is C=CCC1=NCCCC1N1CCCCC1. The van der Waals surface area contributed by atoms with E-state index >= 15 is 0 Å². The van der Waals surface area contributed by atoms with E-state index in [1.807, 2.05) is 6.08 Å². The number of likely N-dealkylation sites (tertiary alicyclic amines) is 1. The highest BCUT2D eigenvalue weighted by molar-refractivity contribution is 5.91. The first-order valence-corrected chi connectivity index (χ1v) is 6.30. The average molecular weight is 206 g/mol. The van der Waals surface area contributed by atoms with Crippen LogP contribution in [0.15, 0.2) is 17.6 Å². The summed E-state index contributed by atoms with van der Waals surface area (Å²) in [4.78, 5) is 7.32. The molecular formula is C13H22N2. The van der Waals surface area contributed by atoms with E-state index in [-0.39, 0.29) is 0 Å². The second-order valence-corrected chi connectivity index (χ2v) is 4.62. The lowest BCUT2D eigenvalue weighted by Crippen LogP contribution is -2.45. The molecule has 0 bridgehead atoms. The molecule has 0 aromatic heterocycles. The molecule has 0 aromatic rings. The van der Waals surface area contributed by atoms with Crippen LogP contribution in [0, 0.1) is 0 Å². The molecule has 1 unspecified atom stereocenters. The van der Waals surface area contributed by atoms with Gasteiger partial charge in [0, 0.05) is 24.7 Å². The van der Waals surface area contributed by atoms with Crippen molar-refractivity contribution in [3.8, 4) is 0 Å². The first-order chi connectivity index (χ1) is 7.42. The zero-order valence-electron chi connectivity index (χ0n) is 9.62. The third kappa shape index (κ3) is 2.69. The molecule has 2 nitrogen and oxygen atoms in total. The first-order valence-electron chi connectivity index (χ1n) is 6.30. The highest BCUT2D eigenvalue weighted by atomic mass is 15.2. The minimum atomic E-state index is 0.636. The number of piperidine rings is 1. The van der Waals surface area contributed by atoms with Gasteiger partial charge in [-0.1, -0.05) is 12.5 Å². The number of rotatable bonds is 3. The average Bonchev–Trinajstić information content (AvgIpc) is 2.31. The number of allylic oxidation sites excluding steroid dienone is 1. The first kappa shape index (κ1) is 10.9. The third-order valence-electron chi connectivity index (χ3n) is 3.52. The van der Waals surface area contributed by atoms with E-state index in [0.717, 1.165) is 13.0 Å². The lowest BCUT2D eigenvalue weighted by molar-refractivity contribution is 0.189. The van der Waals surface area contributed by atoms with Crippen LogP contribution in [-0.4, -0.2) is 36.3 Å². The van der Waals surface area contributed by atoms with Crippen LogP contribution in [0.5, 0.6) is 0 Å². The molecule has 0 aliphatic carbocycles. The normalized spacial score (nSPS) is 28.5. The highest BCUT2D eigenvalue weighted by Gasteiger charge is 2.25. The van der Waals surface area contributed by atoms with E-state index in [0.29, 0.717) is 6.04 Å². The van der Waals surface area contributed by atoms with Crippen LogP contribution in [0.4, 0.5) is 0 Å². The Morgan fingerprint density at radius 1 is 1.27 bits per heavy atom. The van der Waals surface area contributed by atoms with Gasteiger partial charge < -0.3 is 0 Å². The summed E-state index contributed by atoms with van der Waals surface area (Å²) in [6.45, 7) is 7.43. The zero-order chi connectivity index (χ0) is 10.5. The minimum absolute atomic E-state index is 0.636. The topological polar surface area (TPSA) is 15.6 Å². The van der Waals surface area contributed by atoms with Gasteiger partial charge in [-0.15, -0.1) is 6.58 Å². The van der Waals surface area contributed by atoms with Gasteiger partial charge in [0.15, 0.2) is 0 Å². The Labute approximate surface area is 93.1 Å². The van der Waals surface area contributed by atoms with Gasteiger partial charge in [0.25, 0.3) is 0 Å². The van der Waals surface area contributed by atoms with Crippen LogP contribution in [0.3, 0.4) is 0 Å². The van der Waals surface area contributed by atoms with Gasteiger partial charge in [0.05, 0.1) is 0 Å². The lowest BCUT2D eigenvalue weighted by Gasteiger charge is -2.37. The monoisotopic (exact) mass is 206 g/mol. The molecule has 0 radical (unpaired) electrons. The summed E-state index contributed by atoms with van der Waals surface area (Å²) in [5, 5.41) is 0. The Morgan fingerprint density at radius 2 is 2.07 bits per heavy atom. The fourth-order valence-electron chi connectivity index (χ4n) is 2.75. The van der Waals surface area contributed by atoms with Crippen molar-refractivity contribution in [1.82, 2.24) is 4.90 Å². The molecule has 0 amide bonds. The van der Waals surface area contributed by atoms with Crippen LogP contribution in [0.1, 0.15) is 38.5 Å². The molecule has 0 N–H and O–H groups in total. The highest BCUT2D eigenvalue weighted by Crippen LogP contribution is 2.20. The molecule has 1 saturated heterocycles. The van der Waals surface area contributed by atoms with Gasteiger partial charge in [-0.05, 0) is 38.8 Å². The lowest BCUT2D eigenvalue weighted by atomic mass is 9.96. The Bertz CT molecular complexity index is 239. The van der Waals surface area contributed by atoms with Crippen molar-refractivity contribution in [2.24, 2.45) is 4.99 Å². The van der Waals surface area contributed by atoms with Crippen LogP contribution in [0.2, 0.25) is 0 Å². The Kier molecular flexibility index (Phi) is 3.95. The third-order valence-corrected chi connectivity index (χ3v) is 3.52. The molecule has 2 heterocycles. The number of nitrogens with zero attached hydrogens (tertiary/aromatic N) is 2. The maximum absolute atomic E-state index is 4.68. The second-order valence-electron chi connectivity index (χ2n) is 4.62. The Morgan fingerprint density at radius 3 is 2.80 bits per heavy atom. The minimum Gasteiger partial charge on any atom is -0.295 e.